The van der Waals surface area contributed by atoms with Crippen molar-refractivity contribution in [1.82, 2.24) is 15.2 Å². The third-order valence-electron chi connectivity index (χ3n) is 2.57. The van der Waals surface area contributed by atoms with E-state index in [9.17, 15) is 0 Å². The first kappa shape index (κ1) is 10.7. The van der Waals surface area contributed by atoms with Crippen LogP contribution in [-0.4, -0.2) is 15.2 Å². The van der Waals surface area contributed by atoms with Crippen LogP contribution in [0, 0.1) is 6.92 Å². The highest BCUT2D eigenvalue weighted by molar-refractivity contribution is 5.68. The molecule has 0 bridgehead atoms. The van der Waals surface area contributed by atoms with Gasteiger partial charge in [0.05, 0.1) is 5.69 Å². The van der Waals surface area contributed by atoms with Crippen molar-refractivity contribution in [2.24, 2.45) is 0 Å². The Kier molecular flexibility index (Phi) is 2.64. The van der Waals surface area contributed by atoms with Gasteiger partial charge in [-0.05, 0) is 24.5 Å². The zero-order valence-corrected chi connectivity index (χ0v) is 9.78. The van der Waals surface area contributed by atoms with Gasteiger partial charge in [0, 0.05) is 23.5 Å². The number of aromatic amines is 1. The van der Waals surface area contributed by atoms with E-state index in [-0.39, 0.29) is 0 Å². The van der Waals surface area contributed by atoms with E-state index in [4.69, 9.17) is 5.73 Å². The topological polar surface area (TPSA) is 67.6 Å². The molecule has 2 rings (SSSR count). The molecule has 16 heavy (non-hydrogen) atoms. The van der Waals surface area contributed by atoms with Gasteiger partial charge in [0.15, 0.2) is 0 Å². The van der Waals surface area contributed by atoms with Gasteiger partial charge in [0.25, 0.3) is 0 Å². The van der Waals surface area contributed by atoms with Gasteiger partial charge < -0.3 is 5.73 Å². The lowest BCUT2D eigenvalue weighted by molar-refractivity contribution is 0.873. The number of anilines is 1. The second-order valence-electron chi connectivity index (χ2n) is 4.30. The van der Waals surface area contributed by atoms with Crippen molar-refractivity contribution in [2.75, 3.05) is 5.73 Å². The van der Waals surface area contributed by atoms with Crippen LogP contribution in [0.3, 0.4) is 0 Å². The van der Waals surface area contributed by atoms with Crippen molar-refractivity contribution < 1.29 is 0 Å². The van der Waals surface area contributed by atoms with Crippen molar-refractivity contribution in [1.29, 1.82) is 0 Å². The number of H-pyrrole nitrogens is 1. The first-order valence-electron chi connectivity index (χ1n) is 5.35. The average Bonchev–Trinajstić information content (AvgIpc) is 2.60. The van der Waals surface area contributed by atoms with Crippen LogP contribution < -0.4 is 5.73 Å². The fourth-order valence-corrected chi connectivity index (χ4v) is 1.86. The number of pyridine rings is 1. The van der Waals surface area contributed by atoms with Gasteiger partial charge in [-0.2, -0.15) is 5.10 Å². The maximum atomic E-state index is 5.85. The molecule has 4 nitrogen and oxygen atoms in total. The van der Waals surface area contributed by atoms with Gasteiger partial charge in [-0.15, -0.1) is 0 Å². The number of aromatic nitrogens is 3. The summed E-state index contributed by atoms with van der Waals surface area (Å²) in [4.78, 5) is 4.18. The highest BCUT2D eigenvalue weighted by Crippen LogP contribution is 2.31. The van der Waals surface area contributed by atoms with Crippen molar-refractivity contribution >= 4 is 5.82 Å². The predicted octanol–water partition coefficient (Wildman–Crippen LogP) is 2.49. The Morgan fingerprint density at radius 1 is 1.31 bits per heavy atom. The molecule has 3 N–H and O–H groups in total. The molecule has 2 aromatic rings. The molecular weight excluding hydrogens is 200 g/mol. The van der Waals surface area contributed by atoms with Crippen LogP contribution in [0.25, 0.3) is 11.3 Å². The molecule has 0 aliphatic heterocycles. The number of aryl methyl sites for hydroxylation is 1. The highest BCUT2D eigenvalue weighted by atomic mass is 15.2. The SMILES string of the molecule is Cc1cncc(-c2[nH]nc(N)c2C(C)C)c1. The summed E-state index contributed by atoms with van der Waals surface area (Å²) in [5, 5.41) is 7.05. The van der Waals surface area contributed by atoms with Gasteiger partial charge in [-0.1, -0.05) is 13.8 Å². The summed E-state index contributed by atoms with van der Waals surface area (Å²) in [7, 11) is 0. The minimum absolute atomic E-state index is 0.342. The minimum atomic E-state index is 0.342. The number of nitrogens with zero attached hydrogens (tertiary/aromatic N) is 2. The van der Waals surface area contributed by atoms with Crippen molar-refractivity contribution in [3.8, 4) is 11.3 Å². The summed E-state index contributed by atoms with van der Waals surface area (Å²) in [5.74, 6) is 0.917. The maximum Gasteiger partial charge on any atom is 0.149 e. The molecule has 0 saturated carbocycles. The monoisotopic (exact) mass is 216 g/mol. The summed E-state index contributed by atoms with van der Waals surface area (Å²) in [6, 6.07) is 2.08. The molecule has 0 aliphatic carbocycles. The normalized spacial score (nSPS) is 11.0. The molecule has 0 atom stereocenters. The van der Waals surface area contributed by atoms with Gasteiger partial charge in [-0.25, -0.2) is 0 Å². The molecule has 0 amide bonds. The maximum absolute atomic E-state index is 5.85. The molecule has 0 fully saturated rings. The van der Waals surface area contributed by atoms with E-state index >= 15 is 0 Å². The summed E-state index contributed by atoms with van der Waals surface area (Å²) in [5.41, 5.74) is 10.1. The summed E-state index contributed by atoms with van der Waals surface area (Å²) in [6.07, 6.45) is 3.66. The molecular formula is C12H16N4. The van der Waals surface area contributed by atoms with Gasteiger partial charge in [0.1, 0.15) is 5.82 Å². The van der Waals surface area contributed by atoms with E-state index in [1.807, 2.05) is 19.3 Å². The zero-order chi connectivity index (χ0) is 11.7. The number of hydrogen-bond donors (Lipinski definition) is 2. The molecule has 0 spiro atoms. The smallest absolute Gasteiger partial charge is 0.149 e. The Labute approximate surface area is 94.9 Å². The lowest BCUT2D eigenvalue weighted by Crippen LogP contribution is -1.95. The van der Waals surface area contributed by atoms with Crippen LogP contribution in [0.2, 0.25) is 0 Å². The number of nitrogens with one attached hydrogen (secondary N) is 1. The standard InChI is InChI=1S/C12H16N4/c1-7(2)10-11(15-16-12(10)13)9-4-8(3)5-14-6-9/h4-7H,1-3H3,(H3,13,15,16). The van der Waals surface area contributed by atoms with Gasteiger partial charge in [-0.3, -0.25) is 10.1 Å². The van der Waals surface area contributed by atoms with Crippen molar-refractivity contribution in [3.63, 3.8) is 0 Å². The minimum Gasteiger partial charge on any atom is -0.382 e. The van der Waals surface area contributed by atoms with Crippen LogP contribution in [0.4, 0.5) is 5.82 Å². The first-order valence-corrected chi connectivity index (χ1v) is 5.35. The number of hydrogen-bond acceptors (Lipinski definition) is 3. The number of rotatable bonds is 2. The van der Waals surface area contributed by atoms with E-state index in [1.54, 1.807) is 0 Å². The predicted molar refractivity (Wildman–Crippen MR) is 65.1 cm³/mol. The Morgan fingerprint density at radius 3 is 2.69 bits per heavy atom. The zero-order valence-electron chi connectivity index (χ0n) is 9.78. The molecule has 0 unspecified atom stereocenters. The van der Waals surface area contributed by atoms with Crippen LogP contribution in [0.1, 0.15) is 30.9 Å². The van der Waals surface area contributed by atoms with Gasteiger partial charge >= 0.3 is 0 Å². The summed E-state index contributed by atoms with van der Waals surface area (Å²) >= 11 is 0. The highest BCUT2D eigenvalue weighted by Gasteiger charge is 2.15. The van der Waals surface area contributed by atoms with E-state index in [0.29, 0.717) is 11.7 Å². The van der Waals surface area contributed by atoms with E-state index < -0.39 is 0 Å². The van der Waals surface area contributed by atoms with Crippen molar-refractivity contribution in [3.05, 3.63) is 29.6 Å². The average molecular weight is 216 g/mol. The molecule has 0 saturated heterocycles. The lowest BCUT2D eigenvalue weighted by Gasteiger charge is -2.07. The Balaban J connectivity index is 2.56. The molecule has 84 valence electrons. The quantitative estimate of drug-likeness (QED) is 0.810. The molecule has 2 heterocycles. The number of nitrogens with two attached hydrogens (primary N) is 1. The van der Waals surface area contributed by atoms with Gasteiger partial charge in [0.2, 0.25) is 0 Å². The molecule has 0 aromatic carbocycles. The molecule has 4 heteroatoms. The fourth-order valence-electron chi connectivity index (χ4n) is 1.86. The third-order valence-corrected chi connectivity index (χ3v) is 2.57. The van der Waals surface area contributed by atoms with Crippen LogP contribution in [0.5, 0.6) is 0 Å². The lowest BCUT2D eigenvalue weighted by atomic mass is 9.99. The van der Waals surface area contributed by atoms with Crippen molar-refractivity contribution in [2.45, 2.75) is 26.7 Å². The fraction of sp³-hybridized carbons (Fsp3) is 0.333. The molecule has 2 aromatic heterocycles. The Hall–Kier alpha value is -1.84. The molecule has 0 radical (unpaired) electrons. The summed E-state index contributed by atoms with van der Waals surface area (Å²) < 4.78 is 0. The van der Waals surface area contributed by atoms with Crippen LogP contribution >= 0.6 is 0 Å². The van der Waals surface area contributed by atoms with E-state index in [0.717, 1.165) is 22.4 Å². The Bertz CT molecular complexity index is 499. The van der Waals surface area contributed by atoms with E-state index in [1.165, 1.54) is 0 Å². The van der Waals surface area contributed by atoms with Crippen LogP contribution in [-0.2, 0) is 0 Å². The third kappa shape index (κ3) is 1.78. The summed E-state index contributed by atoms with van der Waals surface area (Å²) in [6.45, 7) is 6.23. The largest absolute Gasteiger partial charge is 0.382 e. The van der Waals surface area contributed by atoms with Crippen LogP contribution in [0.15, 0.2) is 18.5 Å². The second kappa shape index (κ2) is 3.96. The Morgan fingerprint density at radius 2 is 2.06 bits per heavy atom. The molecule has 0 aliphatic rings. The number of nitrogen functional groups attached to an aromatic ring is 1. The second-order valence-corrected chi connectivity index (χ2v) is 4.30. The first-order chi connectivity index (χ1) is 7.59. The van der Waals surface area contributed by atoms with E-state index in [2.05, 4.69) is 35.1 Å².